The molecule has 0 aliphatic rings. The van der Waals surface area contributed by atoms with Gasteiger partial charge in [0.05, 0.1) is 0 Å². The number of hydrogen-bond donors (Lipinski definition) is 1. The van der Waals surface area contributed by atoms with Crippen LogP contribution in [0.1, 0.15) is 17.5 Å². The van der Waals surface area contributed by atoms with Gasteiger partial charge in [0.2, 0.25) is 0 Å². The SMILES string of the molecule is C=Cc1ccccc1C=CCCNC. The van der Waals surface area contributed by atoms with Crippen molar-refractivity contribution in [3.8, 4) is 0 Å². The summed E-state index contributed by atoms with van der Waals surface area (Å²) in [6.07, 6.45) is 7.27. The van der Waals surface area contributed by atoms with Crippen molar-refractivity contribution in [1.82, 2.24) is 5.32 Å². The highest BCUT2D eigenvalue weighted by molar-refractivity contribution is 5.64. The molecule has 0 aliphatic carbocycles. The second-order valence-electron chi connectivity index (χ2n) is 3.13. The third-order valence-corrected chi connectivity index (χ3v) is 2.07. The van der Waals surface area contributed by atoms with Gasteiger partial charge in [-0.1, -0.05) is 49.1 Å². The van der Waals surface area contributed by atoms with Gasteiger partial charge < -0.3 is 5.32 Å². The van der Waals surface area contributed by atoms with Crippen molar-refractivity contribution in [3.63, 3.8) is 0 Å². The zero-order valence-corrected chi connectivity index (χ0v) is 8.66. The summed E-state index contributed by atoms with van der Waals surface area (Å²) in [5.41, 5.74) is 2.42. The smallest absolute Gasteiger partial charge is 0.00172 e. The van der Waals surface area contributed by atoms with Gasteiger partial charge in [-0.15, -0.1) is 0 Å². The number of hydrogen-bond acceptors (Lipinski definition) is 1. The van der Waals surface area contributed by atoms with E-state index < -0.39 is 0 Å². The van der Waals surface area contributed by atoms with Crippen LogP contribution in [-0.2, 0) is 0 Å². The van der Waals surface area contributed by atoms with Crippen LogP contribution in [0.5, 0.6) is 0 Å². The average Bonchev–Trinajstić information content (AvgIpc) is 2.25. The highest BCUT2D eigenvalue weighted by Gasteiger charge is 1.91. The largest absolute Gasteiger partial charge is 0.319 e. The summed E-state index contributed by atoms with van der Waals surface area (Å²) in [7, 11) is 1.96. The summed E-state index contributed by atoms with van der Waals surface area (Å²) in [6, 6.07) is 8.25. The second kappa shape index (κ2) is 6.17. The molecule has 0 saturated heterocycles. The Morgan fingerprint density at radius 2 is 2.00 bits per heavy atom. The molecule has 0 atom stereocenters. The molecule has 14 heavy (non-hydrogen) atoms. The van der Waals surface area contributed by atoms with Gasteiger partial charge >= 0.3 is 0 Å². The molecule has 0 spiro atoms. The molecule has 0 radical (unpaired) electrons. The molecule has 0 saturated carbocycles. The first-order valence-electron chi connectivity index (χ1n) is 4.91. The lowest BCUT2D eigenvalue weighted by molar-refractivity contribution is 0.809. The lowest BCUT2D eigenvalue weighted by Crippen LogP contribution is -2.05. The molecule has 1 heteroatoms. The van der Waals surface area contributed by atoms with Crippen molar-refractivity contribution < 1.29 is 0 Å². The van der Waals surface area contributed by atoms with Gasteiger partial charge in [-0.2, -0.15) is 0 Å². The van der Waals surface area contributed by atoms with Crippen LogP contribution in [0.3, 0.4) is 0 Å². The van der Waals surface area contributed by atoms with E-state index in [2.05, 4.69) is 36.2 Å². The maximum absolute atomic E-state index is 3.79. The fourth-order valence-electron chi connectivity index (χ4n) is 1.29. The van der Waals surface area contributed by atoms with Crippen LogP contribution in [0, 0.1) is 0 Å². The Balaban J connectivity index is 2.65. The maximum atomic E-state index is 3.79. The standard InChI is InChI=1S/C13H17N/c1-3-12-8-4-5-9-13(12)10-6-7-11-14-2/h3-6,8-10,14H,1,7,11H2,2H3. The minimum absolute atomic E-state index is 1.02. The Labute approximate surface area is 86.2 Å². The monoisotopic (exact) mass is 187 g/mol. The van der Waals surface area contributed by atoms with E-state index in [9.17, 15) is 0 Å². The molecule has 1 rings (SSSR count). The zero-order valence-electron chi connectivity index (χ0n) is 8.66. The van der Waals surface area contributed by atoms with Gasteiger partial charge in [0.25, 0.3) is 0 Å². The van der Waals surface area contributed by atoms with Crippen LogP contribution in [0.25, 0.3) is 12.2 Å². The molecule has 74 valence electrons. The van der Waals surface area contributed by atoms with Crippen LogP contribution in [0.4, 0.5) is 0 Å². The normalized spacial score (nSPS) is 10.6. The second-order valence-corrected chi connectivity index (χ2v) is 3.13. The molecule has 0 aliphatic heterocycles. The number of nitrogens with one attached hydrogen (secondary N) is 1. The maximum Gasteiger partial charge on any atom is -0.00172 e. The third kappa shape index (κ3) is 3.19. The van der Waals surface area contributed by atoms with Gasteiger partial charge in [-0.25, -0.2) is 0 Å². The predicted molar refractivity (Wildman–Crippen MR) is 64.1 cm³/mol. The van der Waals surface area contributed by atoms with E-state index in [1.165, 1.54) is 11.1 Å². The molecule has 1 nitrogen and oxygen atoms in total. The predicted octanol–water partition coefficient (Wildman–Crippen LogP) is 2.95. The van der Waals surface area contributed by atoms with E-state index in [4.69, 9.17) is 0 Å². The molecule has 0 unspecified atom stereocenters. The van der Waals surface area contributed by atoms with Crippen LogP contribution in [0.15, 0.2) is 36.9 Å². The minimum Gasteiger partial charge on any atom is -0.319 e. The lowest BCUT2D eigenvalue weighted by Gasteiger charge is -1.99. The Hall–Kier alpha value is -1.34. The number of benzene rings is 1. The first-order valence-corrected chi connectivity index (χ1v) is 4.91. The van der Waals surface area contributed by atoms with Crippen LogP contribution >= 0.6 is 0 Å². The van der Waals surface area contributed by atoms with E-state index in [1.54, 1.807) is 0 Å². The molecule has 0 amide bonds. The Kier molecular flexibility index (Phi) is 4.73. The van der Waals surface area contributed by atoms with E-state index in [0.717, 1.165) is 13.0 Å². The minimum atomic E-state index is 1.02. The molecular weight excluding hydrogens is 170 g/mol. The van der Waals surface area contributed by atoms with Crippen molar-refractivity contribution in [2.75, 3.05) is 13.6 Å². The van der Waals surface area contributed by atoms with E-state index >= 15 is 0 Å². The van der Waals surface area contributed by atoms with Crippen LogP contribution in [-0.4, -0.2) is 13.6 Å². The number of rotatable bonds is 5. The summed E-state index contributed by atoms with van der Waals surface area (Å²) < 4.78 is 0. The van der Waals surface area contributed by atoms with E-state index in [1.807, 2.05) is 25.3 Å². The first kappa shape index (κ1) is 10.7. The molecule has 0 fully saturated rings. The Morgan fingerprint density at radius 3 is 2.64 bits per heavy atom. The van der Waals surface area contributed by atoms with Crippen molar-refractivity contribution in [1.29, 1.82) is 0 Å². The van der Waals surface area contributed by atoms with Crippen LogP contribution < -0.4 is 5.32 Å². The van der Waals surface area contributed by atoms with Crippen molar-refractivity contribution in [2.45, 2.75) is 6.42 Å². The van der Waals surface area contributed by atoms with Gasteiger partial charge in [-0.05, 0) is 31.1 Å². The van der Waals surface area contributed by atoms with Crippen LogP contribution in [0.2, 0.25) is 0 Å². The molecule has 1 N–H and O–H groups in total. The summed E-state index contributed by atoms with van der Waals surface area (Å²) in [5, 5.41) is 3.11. The van der Waals surface area contributed by atoms with E-state index in [-0.39, 0.29) is 0 Å². The molecule has 0 heterocycles. The highest BCUT2D eigenvalue weighted by Crippen LogP contribution is 2.11. The summed E-state index contributed by atoms with van der Waals surface area (Å²) in [5.74, 6) is 0. The van der Waals surface area contributed by atoms with Crippen molar-refractivity contribution >= 4 is 12.2 Å². The topological polar surface area (TPSA) is 12.0 Å². The van der Waals surface area contributed by atoms with Gasteiger partial charge in [-0.3, -0.25) is 0 Å². The zero-order chi connectivity index (χ0) is 10.2. The molecular formula is C13H17N. The Bertz CT molecular complexity index is 313. The van der Waals surface area contributed by atoms with Gasteiger partial charge in [0.15, 0.2) is 0 Å². The third-order valence-electron chi connectivity index (χ3n) is 2.07. The summed E-state index contributed by atoms with van der Waals surface area (Å²) in [4.78, 5) is 0. The average molecular weight is 187 g/mol. The molecule has 1 aromatic carbocycles. The first-order chi connectivity index (χ1) is 6.88. The quantitative estimate of drug-likeness (QED) is 0.699. The van der Waals surface area contributed by atoms with Gasteiger partial charge in [0, 0.05) is 0 Å². The van der Waals surface area contributed by atoms with Crippen molar-refractivity contribution in [3.05, 3.63) is 48.0 Å². The van der Waals surface area contributed by atoms with Gasteiger partial charge in [0.1, 0.15) is 0 Å². The molecule has 0 bridgehead atoms. The fourth-order valence-corrected chi connectivity index (χ4v) is 1.29. The Morgan fingerprint density at radius 1 is 1.29 bits per heavy atom. The van der Waals surface area contributed by atoms with Crippen molar-refractivity contribution in [2.24, 2.45) is 0 Å². The summed E-state index contributed by atoms with van der Waals surface area (Å²) >= 11 is 0. The molecule has 1 aromatic rings. The fraction of sp³-hybridized carbons (Fsp3) is 0.231. The lowest BCUT2D eigenvalue weighted by atomic mass is 10.1. The highest BCUT2D eigenvalue weighted by atomic mass is 14.8. The van der Waals surface area contributed by atoms with E-state index in [0.29, 0.717) is 0 Å². The summed E-state index contributed by atoms with van der Waals surface area (Å²) in [6.45, 7) is 4.81. The molecule has 0 aromatic heterocycles.